The van der Waals surface area contributed by atoms with Crippen LogP contribution in [-0.4, -0.2) is 30.7 Å². The maximum Gasteiger partial charge on any atom is 0.122 e. The topological polar surface area (TPSA) is 36.3 Å². The fourth-order valence-electron chi connectivity index (χ4n) is 2.00. The molecular formula is C13H15ClN2O. The van der Waals surface area contributed by atoms with E-state index in [9.17, 15) is 0 Å². The van der Waals surface area contributed by atoms with Gasteiger partial charge in [-0.25, -0.2) is 0 Å². The van der Waals surface area contributed by atoms with Crippen LogP contribution in [0, 0.1) is 18.3 Å². The monoisotopic (exact) mass is 250 g/mol. The molecule has 1 aliphatic heterocycles. The van der Waals surface area contributed by atoms with Gasteiger partial charge in [-0.3, -0.25) is 4.90 Å². The summed E-state index contributed by atoms with van der Waals surface area (Å²) in [7, 11) is 0. The Morgan fingerprint density at radius 2 is 2.41 bits per heavy atom. The lowest BCUT2D eigenvalue weighted by atomic mass is 10.1. The van der Waals surface area contributed by atoms with Crippen molar-refractivity contribution in [2.45, 2.75) is 19.5 Å². The third kappa shape index (κ3) is 2.98. The molecule has 1 heterocycles. The first-order valence-electron chi connectivity index (χ1n) is 5.67. The number of hydrogen-bond acceptors (Lipinski definition) is 3. The van der Waals surface area contributed by atoms with Crippen LogP contribution in [0.25, 0.3) is 0 Å². The van der Waals surface area contributed by atoms with Crippen LogP contribution in [-0.2, 0) is 11.3 Å². The first-order valence-corrected chi connectivity index (χ1v) is 6.05. The average molecular weight is 251 g/mol. The minimum atomic E-state index is -0.140. The van der Waals surface area contributed by atoms with E-state index in [-0.39, 0.29) is 6.04 Å². The number of aryl methyl sites for hydroxylation is 1. The molecule has 4 heteroatoms. The second kappa shape index (κ2) is 5.50. The van der Waals surface area contributed by atoms with Crippen molar-refractivity contribution < 1.29 is 4.74 Å². The molecule has 1 aliphatic rings. The fraction of sp³-hybridized carbons (Fsp3) is 0.462. The van der Waals surface area contributed by atoms with Crippen LogP contribution in [0.2, 0.25) is 5.02 Å². The summed E-state index contributed by atoms with van der Waals surface area (Å²) in [5.41, 5.74) is 2.39. The standard InChI is InChI=1S/C13H15ClN2O/c1-10-6-12(14)3-2-11(10)8-16-4-5-17-9-13(16)7-15/h2-3,6,13H,4-5,8-9H2,1H3/t13-/m1/s1. The van der Waals surface area contributed by atoms with Gasteiger partial charge < -0.3 is 4.74 Å². The van der Waals surface area contributed by atoms with Crippen molar-refractivity contribution in [1.29, 1.82) is 5.26 Å². The molecule has 1 aromatic carbocycles. The van der Waals surface area contributed by atoms with Gasteiger partial charge in [0.1, 0.15) is 6.04 Å². The largest absolute Gasteiger partial charge is 0.377 e. The van der Waals surface area contributed by atoms with Crippen molar-refractivity contribution >= 4 is 11.6 Å². The van der Waals surface area contributed by atoms with E-state index in [4.69, 9.17) is 21.6 Å². The minimum Gasteiger partial charge on any atom is -0.377 e. The Morgan fingerprint density at radius 1 is 1.59 bits per heavy atom. The minimum absolute atomic E-state index is 0.140. The molecule has 0 bridgehead atoms. The number of halogens is 1. The lowest BCUT2D eigenvalue weighted by molar-refractivity contribution is 0.00881. The smallest absolute Gasteiger partial charge is 0.122 e. The van der Waals surface area contributed by atoms with Gasteiger partial charge in [0.05, 0.1) is 19.3 Å². The van der Waals surface area contributed by atoms with E-state index in [1.54, 1.807) is 0 Å². The van der Waals surface area contributed by atoms with Gasteiger partial charge in [-0.2, -0.15) is 5.26 Å². The molecule has 3 nitrogen and oxygen atoms in total. The van der Waals surface area contributed by atoms with Gasteiger partial charge in [0, 0.05) is 18.1 Å². The number of ether oxygens (including phenoxy) is 1. The highest BCUT2D eigenvalue weighted by atomic mass is 35.5. The summed E-state index contributed by atoms with van der Waals surface area (Å²) < 4.78 is 5.31. The Kier molecular flexibility index (Phi) is 4.01. The lowest BCUT2D eigenvalue weighted by Crippen LogP contribution is -2.44. The van der Waals surface area contributed by atoms with E-state index in [0.29, 0.717) is 13.2 Å². The maximum atomic E-state index is 9.06. The molecule has 0 saturated carbocycles. The molecule has 0 N–H and O–H groups in total. The van der Waals surface area contributed by atoms with Gasteiger partial charge >= 0.3 is 0 Å². The number of nitrogens with zero attached hydrogens (tertiary/aromatic N) is 2. The van der Waals surface area contributed by atoms with Crippen LogP contribution < -0.4 is 0 Å². The van der Waals surface area contributed by atoms with E-state index in [2.05, 4.69) is 11.0 Å². The first-order chi connectivity index (χ1) is 8.20. The molecule has 0 unspecified atom stereocenters. The second-order valence-electron chi connectivity index (χ2n) is 4.26. The quantitative estimate of drug-likeness (QED) is 0.809. The molecule has 1 aromatic rings. The van der Waals surface area contributed by atoms with E-state index in [1.165, 1.54) is 11.1 Å². The SMILES string of the molecule is Cc1cc(Cl)ccc1CN1CCOC[C@H]1C#N. The molecule has 0 radical (unpaired) electrons. The fourth-order valence-corrected chi connectivity index (χ4v) is 2.23. The van der Waals surface area contributed by atoms with Crippen molar-refractivity contribution in [2.75, 3.05) is 19.8 Å². The molecule has 17 heavy (non-hydrogen) atoms. The summed E-state index contributed by atoms with van der Waals surface area (Å²) in [6.07, 6.45) is 0. The highest BCUT2D eigenvalue weighted by molar-refractivity contribution is 6.30. The van der Waals surface area contributed by atoms with Crippen LogP contribution in [0.4, 0.5) is 0 Å². The summed E-state index contributed by atoms with van der Waals surface area (Å²) in [4.78, 5) is 2.15. The second-order valence-corrected chi connectivity index (χ2v) is 4.70. The van der Waals surface area contributed by atoms with Crippen LogP contribution in [0.15, 0.2) is 18.2 Å². The lowest BCUT2D eigenvalue weighted by Gasteiger charge is -2.31. The molecule has 1 saturated heterocycles. The van der Waals surface area contributed by atoms with E-state index in [1.807, 2.05) is 25.1 Å². The Hall–Kier alpha value is -1.08. The van der Waals surface area contributed by atoms with Crippen LogP contribution in [0.5, 0.6) is 0 Å². The number of nitriles is 1. The Morgan fingerprint density at radius 3 is 3.12 bits per heavy atom. The van der Waals surface area contributed by atoms with Crippen LogP contribution in [0.1, 0.15) is 11.1 Å². The summed E-state index contributed by atoms with van der Waals surface area (Å²) >= 11 is 5.93. The summed E-state index contributed by atoms with van der Waals surface area (Å²) in [5.74, 6) is 0. The van der Waals surface area contributed by atoms with E-state index >= 15 is 0 Å². The normalized spacial score (nSPS) is 21.1. The number of rotatable bonds is 2. The van der Waals surface area contributed by atoms with Crippen molar-refractivity contribution in [1.82, 2.24) is 4.90 Å². The third-order valence-electron chi connectivity index (χ3n) is 3.07. The van der Waals surface area contributed by atoms with Crippen molar-refractivity contribution in [3.05, 3.63) is 34.3 Å². The Bertz CT molecular complexity index is 442. The van der Waals surface area contributed by atoms with Gasteiger partial charge in [0.25, 0.3) is 0 Å². The van der Waals surface area contributed by atoms with Crippen molar-refractivity contribution in [2.24, 2.45) is 0 Å². The Labute approximate surface area is 107 Å². The van der Waals surface area contributed by atoms with Gasteiger partial charge in [0.2, 0.25) is 0 Å². The number of hydrogen-bond donors (Lipinski definition) is 0. The molecule has 0 amide bonds. The highest BCUT2D eigenvalue weighted by Crippen LogP contribution is 2.18. The maximum absolute atomic E-state index is 9.06. The van der Waals surface area contributed by atoms with Gasteiger partial charge in [-0.15, -0.1) is 0 Å². The zero-order valence-corrected chi connectivity index (χ0v) is 10.6. The van der Waals surface area contributed by atoms with Gasteiger partial charge in [-0.1, -0.05) is 17.7 Å². The van der Waals surface area contributed by atoms with Crippen molar-refractivity contribution in [3.8, 4) is 6.07 Å². The average Bonchev–Trinajstić information content (AvgIpc) is 2.33. The summed E-state index contributed by atoms with van der Waals surface area (Å²) in [5, 5.41) is 9.81. The van der Waals surface area contributed by atoms with E-state index in [0.717, 1.165) is 18.1 Å². The first kappa shape index (κ1) is 12.4. The zero-order chi connectivity index (χ0) is 12.3. The third-order valence-corrected chi connectivity index (χ3v) is 3.30. The molecule has 1 atom stereocenters. The molecule has 1 fully saturated rings. The highest BCUT2D eigenvalue weighted by Gasteiger charge is 2.22. The molecule has 0 spiro atoms. The van der Waals surface area contributed by atoms with Gasteiger partial charge in [-0.05, 0) is 30.2 Å². The number of benzene rings is 1. The number of morpholine rings is 1. The van der Waals surface area contributed by atoms with Crippen LogP contribution >= 0.6 is 11.6 Å². The summed E-state index contributed by atoms with van der Waals surface area (Å²) in [6, 6.07) is 8.02. The predicted octanol–water partition coefficient (Wildman–Crippen LogP) is 2.37. The van der Waals surface area contributed by atoms with Gasteiger partial charge in [0.15, 0.2) is 0 Å². The Balaban J connectivity index is 2.11. The molecule has 0 aromatic heterocycles. The predicted molar refractivity (Wildman–Crippen MR) is 66.8 cm³/mol. The molecule has 90 valence electrons. The van der Waals surface area contributed by atoms with Crippen LogP contribution in [0.3, 0.4) is 0 Å². The van der Waals surface area contributed by atoms with E-state index < -0.39 is 0 Å². The summed E-state index contributed by atoms with van der Waals surface area (Å²) in [6.45, 7) is 4.84. The van der Waals surface area contributed by atoms with Crippen molar-refractivity contribution in [3.63, 3.8) is 0 Å². The molecule has 0 aliphatic carbocycles. The molecular weight excluding hydrogens is 236 g/mol. The zero-order valence-electron chi connectivity index (χ0n) is 9.82. The molecule has 2 rings (SSSR count).